The molecule has 2 amide bonds. The number of aryl methyl sites for hydroxylation is 1. The van der Waals surface area contributed by atoms with E-state index in [1.54, 1.807) is 18.7 Å². The van der Waals surface area contributed by atoms with Crippen LogP contribution >= 0.6 is 11.3 Å². The van der Waals surface area contributed by atoms with Gasteiger partial charge in [0.25, 0.3) is 0 Å². The Balaban J connectivity index is 2.33. The SMILES string of the molecule is CCC(C)C1C(=O)NC(C)(C)C(=O)N1Cc1nc(C)cs1. The summed E-state index contributed by atoms with van der Waals surface area (Å²) in [5.74, 6) is 0.00795. The molecule has 2 unspecified atom stereocenters. The lowest BCUT2D eigenvalue weighted by atomic mass is 9.89. The average molecular weight is 309 g/mol. The summed E-state index contributed by atoms with van der Waals surface area (Å²) in [6, 6.07) is -0.417. The van der Waals surface area contributed by atoms with Crippen LogP contribution in [-0.2, 0) is 16.1 Å². The molecule has 21 heavy (non-hydrogen) atoms. The van der Waals surface area contributed by atoms with E-state index in [0.717, 1.165) is 17.1 Å². The van der Waals surface area contributed by atoms with Crippen LogP contribution in [0.4, 0.5) is 0 Å². The van der Waals surface area contributed by atoms with Crippen molar-refractivity contribution in [3.05, 3.63) is 16.1 Å². The minimum Gasteiger partial charge on any atom is -0.340 e. The van der Waals surface area contributed by atoms with E-state index in [9.17, 15) is 9.59 Å². The van der Waals surface area contributed by atoms with Crippen molar-refractivity contribution in [1.82, 2.24) is 15.2 Å². The monoisotopic (exact) mass is 309 g/mol. The van der Waals surface area contributed by atoms with Crippen LogP contribution in [-0.4, -0.2) is 33.3 Å². The lowest BCUT2D eigenvalue weighted by molar-refractivity contribution is -0.156. The number of rotatable bonds is 4. The van der Waals surface area contributed by atoms with E-state index in [2.05, 4.69) is 10.3 Å². The van der Waals surface area contributed by atoms with Crippen molar-refractivity contribution < 1.29 is 9.59 Å². The number of aromatic nitrogens is 1. The van der Waals surface area contributed by atoms with Crippen LogP contribution in [0.1, 0.15) is 44.8 Å². The van der Waals surface area contributed by atoms with E-state index in [1.165, 1.54) is 11.3 Å². The number of nitrogens with zero attached hydrogens (tertiary/aromatic N) is 2. The molecule has 6 heteroatoms. The van der Waals surface area contributed by atoms with Gasteiger partial charge in [0.05, 0.1) is 6.54 Å². The Morgan fingerprint density at radius 1 is 1.48 bits per heavy atom. The van der Waals surface area contributed by atoms with E-state index >= 15 is 0 Å². The van der Waals surface area contributed by atoms with Gasteiger partial charge >= 0.3 is 0 Å². The number of hydrogen-bond donors (Lipinski definition) is 1. The van der Waals surface area contributed by atoms with Gasteiger partial charge in [-0.15, -0.1) is 11.3 Å². The number of nitrogens with one attached hydrogen (secondary N) is 1. The molecule has 1 aromatic rings. The number of piperazine rings is 1. The third-order valence-corrected chi connectivity index (χ3v) is 4.94. The van der Waals surface area contributed by atoms with Gasteiger partial charge in [-0.25, -0.2) is 4.98 Å². The third-order valence-electron chi connectivity index (χ3n) is 3.99. The fraction of sp³-hybridized carbons (Fsp3) is 0.667. The zero-order valence-electron chi connectivity index (χ0n) is 13.3. The first-order chi connectivity index (χ1) is 9.76. The summed E-state index contributed by atoms with van der Waals surface area (Å²) in [6.07, 6.45) is 0.846. The number of thiazole rings is 1. The van der Waals surface area contributed by atoms with Crippen LogP contribution in [0.5, 0.6) is 0 Å². The molecule has 2 atom stereocenters. The molecule has 1 aliphatic heterocycles. The Labute approximate surface area is 129 Å². The molecule has 0 aromatic carbocycles. The minimum atomic E-state index is -0.854. The Hall–Kier alpha value is -1.43. The number of carbonyl (C=O) groups excluding carboxylic acids is 2. The van der Waals surface area contributed by atoms with Gasteiger partial charge in [0.1, 0.15) is 16.6 Å². The highest BCUT2D eigenvalue weighted by atomic mass is 32.1. The number of amides is 2. The summed E-state index contributed by atoms with van der Waals surface area (Å²) in [4.78, 5) is 31.3. The standard InChI is InChI=1S/C15H23N3O2S/c1-6-9(2)12-13(19)17-15(4,5)14(20)18(12)7-11-16-10(3)8-21-11/h8-9,12H,6-7H2,1-5H3,(H,17,19). The second-order valence-electron chi connectivity index (χ2n) is 6.26. The van der Waals surface area contributed by atoms with Gasteiger partial charge < -0.3 is 10.2 Å². The molecule has 0 radical (unpaired) electrons. The van der Waals surface area contributed by atoms with E-state index in [1.807, 2.05) is 26.2 Å². The van der Waals surface area contributed by atoms with Gasteiger partial charge in [-0.3, -0.25) is 9.59 Å². The van der Waals surface area contributed by atoms with Gasteiger partial charge in [-0.05, 0) is 26.7 Å². The normalized spacial score (nSPS) is 23.1. The highest BCUT2D eigenvalue weighted by molar-refractivity contribution is 7.09. The molecule has 116 valence electrons. The van der Waals surface area contributed by atoms with Crippen molar-refractivity contribution in [1.29, 1.82) is 0 Å². The van der Waals surface area contributed by atoms with Crippen molar-refractivity contribution in [2.24, 2.45) is 5.92 Å². The molecular weight excluding hydrogens is 286 g/mol. The van der Waals surface area contributed by atoms with Crippen LogP contribution in [0.25, 0.3) is 0 Å². The molecule has 1 aliphatic rings. The Kier molecular flexibility index (Phi) is 4.37. The molecule has 0 bridgehead atoms. The number of carbonyl (C=O) groups is 2. The molecule has 2 heterocycles. The Morgan fingerprint density at radius 3 is 2.67 bits per heavy atom. The van der Waals surface area contributed by atoms with Gasteiger partial charge in [-0.2, -0.15) is 0 Å². The predicted octanol–water partition coefficient (Wildman–Crippen LogP) is 2.10. The average Bonchev–Trinajstić information content (AvgIpc) is 2.80. The maximum atomic E-state index is 12.7. The molecule has 1 saturated heterocycles. The molecular formula is C15H23N3O2S. The molecule has 0 saturated carbocycles. The maximum Gasteiger partial charge on any atom is 0.248 e. The highest BCUT2D eigenvalue weighted by Crippen LogP contribution is 2.26. The van der Waals surface area contributed by atoms with Crippen LogP contribution in [0.2, 0.25) is 0 Å². The smallest absolute Gasteiger partial charge is 0.248 e. The van der Waals surface area contributed by atoms with E-state index in [0.29, 0.717) is 6.54 Å². The van der Waals surface area contributed by atoms with E-state index < -0.39 is 11.6 Å². The van der Waals surface area contributed by atoms with Crippen LogP contribution < -0.4 is 5.32 Å². The van der Waals surface area contributed by atoms with Crippen molar-refractivity contribution in [2.75, 3.05) is 0 Å². The van der Waals surface area contributed by atoms with Gasteiger partial charge in [-0.1, -0.05) is 20.3 Å². The lowest BCUT2D eigenvalue weighted by Gasteiger charge is -2.44. The van der Waals surface area contributed by atoms with Gasteiger partial charge in [0.15, 0.2) is 0 Å². The fourth-order valence-electron chi connectivity index (χ4n) is 2.64. The first-order valence-electron chi connectivity index (χ1n) is 7.30. The summed E-state index contributed by atoms with van der Waals surface area (Å²) >= 11 is 1.53. The van der Waals surface area contributed by atoms with Crippen molar-refractivity contribution in [2.45, 2.75) is 59.2 Å². The second kappa shape index (κ2) is 5.75. The summed E-state index contributed by atoms with van der Waals surface area (Å²) in [7, 11) is 0. The third kappa shape index (κ3) is 3.10. The summed E-state index contributed by atoms with van der Waals surface area (Å²) in [5, 5.41) is 5.68. The zero-order valence-corrected chi connectivity index (χ0v) is 14.1. The topological polar surface area (TPSA) is 62.3 Å². The molecule has 1 fully saturated rings. The lowest BCUT2D eigenvalue weighted by Crippen LogP contribution is -2.69. The number of hydrogen-bond acceptors (Lipinski definition) is 4. The summed E-state index contributed by atoms with van der Waals surface area (Å²) in [5.41, 5.74) is 0.0936. The minimum absolute atomic E-state index is 0.0414. The Bertz CT molecular complexity index is 553. The fourth-order valence-corrected chi connectivity index (χ4v) is 3.41. The molecule has 1 N–H and O–H groups in total. The Morgan fingerprint density at radius 2 is 2.14 bits per heavy atom. The van der Waals surface area contributed by atoms with Crippen LogP contribution in [0.3, 0.4) is 0 Å². The largest absolute Gasteiger partial charge is 0.340 e. The maximum absolute atomic E-state index is 12.7. The second-order valence-corrected chi connectivity index (χ2v) is 7.20. The van der Waals surface area contributed by atoms with Crippen LogP contribution in [0, 0.1) is 12.8 Å². The predicted molar refractivity (Wildman–Crippen MR) is 82.9 cm³/mol. The first kappa shape index (κ1) is 15.9. The van der Waals surface area contributed by atoms with Crippen molar-refractivity contribution >= 4 is 23.2 Å². The summed E-state index contributed by atoms with van der Waals surface area (Å²) < 4.78 is 0. The molecule has 2 rings (SSSR count). The molecule has 1 aromatic heterocycles. The summed E-state index contributed by atoms with van der Waals surface area (Å²) in [6.45, 7) is 9.88. The first-order valence-corrected chi connectivity index (χ1v) is 8.18. The zero-order chi connectivity index (χ0) is 15.8. The highest BCUT2D eigenvalue weighted by Gasteiger charge is 2.46. The van der Waals surface area contributed by atoms with E-state index in [4.69, 9.17) is 0 Å². The van der Waals surface area contributed by atoms with Gasteiger partial charge in [0.2, 0.25) is 11.8 Å². The molecule has 0 spiro atoms. The van der Waals surface area contributed by atoms with Crippen LogP contribution in [0.15, 0.2) is 5.38 Å². The van der Waals surface area contributed by atoms with Gasteiger partial charge in [0, 0.05) is 11.1 Å². The molecule has 5 nitrogen and oxygen atoms in total. The van der Waals surface area contributed by atoms with Crippen molar-refractivity contribution in [3.63, 3.8) is 0 Å². The quantitative estimate of drug-likeness (QED) is 0.926. The van der Waals surface area contributed by atoms with E-state index in [-0.39, 0.29) is 17.7 Å². The van der Waals surface area contributed by atoms with Crippen molar-refractivity contribution in [3.8, 4) is 0 Å². The molecule has 0 aliphatic carbocycles.